The minimum atomic E-state index is -0.409. The minimum Gasteiger partial charge on any atom is -0.379 e. The number of aromatic nitrogens is 3. The fourth-order valence-corrected chi connectivity index (χ4v) is 4.09. The van der Waals surface area contributed by atoms with Gasteiger partial charge in [0.2, 0.25) is 5.91 Å². The van der Waals surface area contributed by atoms with Gasteiger partial charge in [-0.25, -0.2) is 9.37 Å². The third-order valence-corrected chi connectivity index (χ3v) is 5.90. The van der Waals surface area contributed by atoms with E-state index in [0.717, 1.165) is 56.1 Å². The summed E-state index contributed by atoms with van der Waals surface area (Å²) in [6.45, 7) is 3.44. The molecule has 7 nitrogen and oxygen atoms in total. The molecule has 0 spiro atoms. The first-order valence-electron chi connectivity index (χ1n) is 10.1. The van der Waals surface area contributed by atoms with Crippen LogP contribution in [-0.2, 0) is 9.53 Å². The number of ether oxygens (including phenoxy) is 1. The number of pyridine rings is 3. The SMILES string of the molecule is O=C(Nc1cc2cc(-c3cncc(F)c3)ncc2cn1)[C@H]1C[C@H](N2CCOCC2)C1. The van der Waals surface area contributed by atoms with E-state index in [2.05, 4.69) is 25.2 Å². The van der Waals surface area contributed by atoms with Crippen LogP contribution in [0.15, 0.2) is 43.0 Å². The number of halogens is 1. The monoisotopic (exact) mass is 407 g/mol. The minimum absolute atomic E-state index is 0.00923. The predicted octanol–water partition coefficient (Wildman–Crippen LogP) is 2.88. The third-order valence-electron chi connectivity index (χ3n) is 5.90. The van der Waals surface area contributed by atoms with E-state index in [9.17, 15) is 9.18 Å². The largest absolute Gasteiger partial charge is 0.379 e. The molecule has 154 valence electrons. The number of hydrogen-bond acceptors (Lipinski definition) is 6. The molecule has 1 aliphatic heterocycles. The van der Waals surface area contributed by atoms with Gasteiger partial charge in [-0.3, -0.25) is 19.7 Å². The first-order chi connectivity index (χ1) is 14.7. The van der Waals surface area contributed by atoms with Gasteiger partial charge in [0.05, 0.1) is 25.1 Å². The van der Waals surface area contributed by atoms with Crippen molar-refractivity contribution in [2.75, 3.05) is 31.6 Å². The van der Waals surface area contributed by atoms with Crippen LogP contribution >= 0.6 is 0 Å². The summed E-state index contributed by atoms with van der Waals surface area (Å²) >= 11 is 0. The second kappa shape index (κ2) is 8.04. The number of nitrogens with zero attached hydrogens (tertiary/aromatic N) is 4. The Balaban J connectivity index is 1.27. The van der Waals surface area contributed by atoms with Crippen LogP contribution in [0.5, 0.6) is 0 Å². The summed E-state index contributed by atoms with van der Waals surface area (Å²) in [6, 6.07) is 5.54. The van der Waals surface area contributed by atoms with Crippen molar-refractivity contribution in [3.63, 3.8) is 0 Å². The molecule has 3 aromatic heterocycles. The molecule has 0 unspecified atom stereocenters. The van der Waals surface area contributed by atoms with Crippen molar-refractivity contribution in [2.24, 2.45) is 5.92 Å². The van der Waals surface area contributed by atoms with Gasteiger partial charge in [-0.1, -0.05) is 0 Å². The van der Waals surface area contributed by atoms with Crippen molar-refractivity contribution in [1.29, 1.82) is 0 Å². The molecule has 1 saturated heterocycles. The molecule has 1 aliphatic carbocycles. The van der Waals surface area contributed by atoms with Crippen LogP contribution in [-0.4, -0.2) is 58.1 Å². The fourth-order valence-electron chi connectivity index (χ4n) is 4.09. The summed E-state index contributed by atoms with van der Waals surface area (Å²) in [5.41, 5.74) is 1.22. The van der Waals surface area contributed by atoms with Crippen LogP contribution < -0.4 is 5.32 Å². The van der Waals surface area contributed by atoms with Crippen molar-refractivity contribution in [3.05, 3.63) is 48.8 Å². The number of nitrogens with one attached hydrogen (secondary N) is 1. The first-order valence-corrected chi connectivity index (χ1v) is 10.1. The molecule has 1 amide bonds. The number of carbonyl (C=O) groups is 1. The number of anilines is 1. The molecule has 0 bridgehead atoms. The summed E-state index contributed by atoms with van der Waals surface area (Å²) in [4.78, 5) is 27.6. The first kappa shape index (κ1) is 19.0. The second-order valence-corrected chi connectivity index (χ2v) is 7.84. The Kier molecular flexibility index (Phi) is 5.10. The predicted molar refractivity (Wildman–Crippen MR) is 110 cm³/mol. The van der Waals surface area contributed by atoms with Crippen molar-refractivity contribution < 1.29 is 13.9 Å². The highest BCUT2D eigenvalue weighted by molar-refractivity contribution is 5.95. The molecule has 0 radical (unpaired) electrons. The van der Waals surface area contributed by atoms with E-state index in [4.69, 9.17) is 4.74 Å². The number of carbonyl (C=O) groups excluding carboxylic acids is 1. The van der Waals surface area contributed by atoms with Gasteiger partial charge in [0.15, 0.2) is 0 Å². The van der Waals surface area contributed by atoms with Crippen LogP contribution in [0.4, 0.5) is 10.2 Å². The van der Waals surface area contributed by atoms with Crippen molar-refractivity contribution >= 4 is 22.5 Å². The lowest BCUT2D eigenvalue weighted by atomic mass is 9.78. The van der Waals surface area contributed by atoms with Crippen molar-refractivity contribution in [3.8, 4) is 11.3 Å². The zero-order valence-corrected chi connectivity index (χ0v) is 16.4. The summed E-state index contributed by atoms with van der Waals surface area (Å²) < 4.78 is 18.9. The third kappa shape index (κ3) is 3.88. The van der Waals surface area contributed by atoms with Crippen molar-refractivity contribution in [1.82, 2.24) is 19.9 Å². The summed E-state index contributed by atoms with van der Waals surface area (Å²) in [5.74, 6) is 0.126. The summed E-state index contributed by atoms with van der Waals surface area (Å²) in [6.07, 6.45) is 7.85. The van der Waals surface area contributed by atoms with Gasteiger partial charge in [-0.2, -0.15) is 0 Å². The topological polar surface area (TPSA) is 80.2 Å². The molecule has 4 heterocycles. The highest BCUT2D eigenvalue weighted by atomic mass is 19.1. The van der Waals surface area contributed by atoms with E-state index < -0.39 is 5.82 Å². The van der Waals surface area contributed by atoms with Crippen LogP contribution in [0, 0.1) is 11.7 Å². The Hall–Kier alpha value is -2.97. The molecule has 30 heavy (non-hydrogen) atoms. The Morgan fingerprint density at radius 2 is 1.83 bits per heavy atom. The number of morpholine rings is 1. The standard InChI is InChI=1S/C22H22FN5O2/c23-18-5-16(10-24-13-18)20-8-14-9-21(26-12-17(14)11-25-20)27-22(29)15-6-19(7-15)28-1-3-30-4-2-28/h5,8-13,15,19H,1-4,6-7H2,(H,26,27,29)/t15-,19-. The van der Waals surface area contributed by atoms with E-state index in [0.29, 0.717) is 23.1 Å². The number of amides is 1. The smallest absolute Gasteiger partial charge is 0.228 e. The van der Waals surface area contributed by atoms with Gasteiger partial charge >= 0.3 is 0 Å². The van der Waals surface area contributed by atoms with Gasteiger partial charge in [-0.05, 0) is 36.4 Å². The van der Waals surface area contributed by atoms with Gasteiger partial charge < -0.3 is 10.1 Å². The molecular weight excluding hydrogens is 385 g/mol. The molecule has 2 aliphatic rings. The fraction of sp³-hybridized carbons (Fsp3) is 0.364. The summed E-state index contributed by atoms with van der Waals surface area (Å²) in [5, 5.41) is 4.66. The molecule has 1 saturated carbocycles. The lowest BCUT2D eigenvalue weighted by Gasteiger charge is -2.43. The average molecular weight is 407 g/mol. The van der Waals surface area contributed by atoms with Gasteiger partial charge in [-0.15, -0.1) is 0 Å². The molecule has 5 rings (SSSR count). The number of rotatable bonds is 4. The lowest BCUT2D eigenvalue weighted by molar-refractivity contribution is -0.125. The highest BCUT2D eigenvalue weighted by Gasteiger charge is 2.38. The second-order valence-electron chi connectivity index (χ2n) is 7.84. The normalized spacial score (nSPS) is 21.9. The Morgan fingerprint density at radius 1 is 1.03 bits per heavy atom. The van der Waals surface area contributed by atoms with Gasteiger partial charge in [0.25, 0.3) is 0 Å². The van der Waals surface area contributed by atoms with Crippen LogP contribution in [0.2, 0.25) is 0 Å². The maximum Gasteiger partial charge on any atom is 0.228 e. The Bertz CT molecular complexity index is 1080. The van der Waals surface area contributed by atoms with E-state index in [1.165, 1.54) is 6.07 Å². The van der Waals surface area contributed by atoms with Crippen LogP contribution in [0.3, 0.4) is 0 Å². The van der Waals surface area contributed by atoms with Crippen molar-refractivity contribution in [2.45, 2.75) is 18.9 Å². The zero-order chi connectivity index (χ0) is 20.5. The summed E-state index contributed by atoms with van der Waals surface area (Å²) in [7, 11) is 0. The highest BCUT2D eigenvalue weighted by Crippen LogP contribution is 2.33. The Morgan fingerprint density at radius 3 is 2.63 bits per heavy atom. The molecule has 2 fully saturated rings. The van der Waals surface area contributed by atoms with Gasteiger partial charge in [0, 0.05) is 54.6 Å². The molecular formula is C22H22FN5O2. The number of fused-ring (bicyclic) bond motifs is 1. The maximum absolute atomic E-state index is 13.5. The van der Waals surface area contributed by atoms with Crippen LogP contribution in [0.25, 0.3) is 22.0 Å². The van der Waals surface area contributed by atoms with E-state index in [1.54, 1.807) is 18.6 Å². The lowest BCUT2D eigenvalue weighted by Crippen LogP contribution is -2.52. The van der Waals surface area contributed by atoms with E-state index >= 15 is 0 Å². The van der Waals surface area contributed by atoms with Gasteiger partial charge in [0.1, 0.15) is 11.6 Å². The Labute approximate surface area is 173 Å². The molecule has 0 atom stereocenters. The maximum atomic E-state index is 13.5. The zero-order valence-electron chi connectivity index (χ0n) is 16.4. The molecule has 3 aromatic rings. The van der Waals surface area contributed by atoms with Crippen LogP contribution in [0.1, 0.15) is 12.8 Å². The molecule has 0 aromatic carbocycles. The van der Waals surface area contributed by atoms with E-state index in [1.807, 2.05) is 12.1 Å². The molecule has 8 heteroatoms. The number of hydrogen-bond donors (Lipinski definition) is 1. The quantitative estimate of drug-likeness (QED) is 0.716. The van der Waals surface area contributed by atoms with E-state index in [-0.39, 0.29) is 11.8 Å². The molecule has 1 N–H and O–H groups in total. The average Bonchev–Trinajstić information content (AvgIpc) is 2.73.